The Bertz CT molecular complexity index is 570. The molecule has 0 aromatic heterocycles. The highest BCUT2D eigenvalue weighted by atomic mass is 127. The molecule has 3 nitrogen and oxygen atoms in total. The van der Waals surface area contributed by atoms with Gasteiger partial charge in [0, 0.05) is 9.26 Å². The number of halogens is 1. The number of hydrogen-bond donors (Lipinski definition) is 1. The second-order valence-electron chi connectivity index (χ2n) is 4.11. The number of ether oxygens (including phenoxy) is 1. The molecule has 0 saturated carbocycles. The van der Waals surface area contributed by atoms with E-state index in [0.717, 1.165) is 9.26 Å². The number of aryl methyl sites for hydroxylation is 1. The number of amides is 1. The van der Waals surface area contributed by atoms with E-state index in [9.17, 15) is 4.79 Å². The van der Waals surface area contributed by atoms with Gasteiger partial charge in [-0.05, 0) is 59.3 Å². The lowest BCUT2D eigenvalue weighted by Crippen LogP contribution is -2.20. The number of benzene rings is 2. The Kier molecular flexibility index (Phi) is 4.79. The van der Waals surface area contributed by atoms with E-state index in [1.807, 2.05) is 55.5 Å². The molecule has 0 aliphatic carbocycles. The van der Waals surface area contributed by atoms with E-state index in [0.29, 0.717) is 5.75 Å². The second kappa shape index (κ2) is 6.56. The van der Waals surface area contributed by atoms with E-state index in [-0.39, 0.29) is 12.5 Å². The Balaban J connectivity index is 1.89. The molecule has 0 radical (unpaired) electrons. The van der Waals surface area contributed by atoms with Crippen LogP contribution in [0.5, 0.6) is 5.75 Å². The van der Waals surface area contributed by atoms with Gasteiger partial charge in [-0.15, -0.1) is 0 Å². The first-order valence-electron chi connectivity index (χ1n) is 5.89. The number of anilines is 1. The minimum atomic E-state index is -0.163. The average Bonchev–Trinajstić information content (AvgIpc) is 2.42. The van der Waals surface area contributed by atoms with Crippen molar-refractivity contribution in [1.29, 1.82) is 0 Å². The van der Waals surface area contributed by atoms with Crippen molar-refractivity contribution in [3.63, 3.8) is 0 Å². The molecule has 1 amide bonds. The number of hydrogen-bond acceptors (Lipinski definition) is 2. The van der Waals surface area contributed by atoms with Gasteiger partial charge in [-0.1, -0.05) is 24.3 Å². The van der Waals surface area contributed by atoms with Gasteiger partial charge in [0.1, 0.15) is 5.75 Å². The maximum Gasteiger partial charge on any atom is 0.262 e. The van der Waals surface area contributed by atoms with Crippen molar-refractivity contribution in [2.45, 2.75) is 6.92 Å². The predicted molar refractivity (Wildman–Crippen MR) is 84.5 cm³/mol. The first-order valence-corrected chi connectivity index (χ1v) is 6.97. The third-order valence-corrected chi connectivity index (χ3v) is 3.73. The Morgan fingerprint density at radius 3 is 2.63 bits per heavy atom. The van der Waals surface area contributed by atoms with Gasteiger partial charge < -0.3 is 10.1 Å². The molecule has 98 valence electrons. The summed E-state index contributed by atoms with van der Waals surface area (Å²) in [6, 6.07) is 15.1. The van der Waals surface area contributed by atoms with Crippen LogP contribution in [-0.4, -0.2) is 12.5 Å². The van der Waals surface area contributed by atoms with Gasteiger partial charge in [-0.3, -0.25) is 4.79 Å². The molecule has 2 aromatic carbocycles. The molecule has 0 aliphatic rings. The lowest BCUT2D eigenvalue weighted by molar-refractivity contribution is -0.118. The van der Waals surface area contributed by atoms with Gasteiger partial charge in [0.15, 0.2) is 6.61 Å². The predicted octanol–water partition coefficient (Wildman–Crippen LogP) is 3.62. The molecule has 0 fully saturated rings. The number of nitrogens with one attached hydrogen (secondary N) is 1. The highest BCUT2D eigenvalue weighted by Crippen LogP contribution is 2.17. The van der Waals surface area contributed by atoms with Crippen molar-refractivity contribution >= 4 is 34.2 Å². The maximum atomic E-state index is 11.7. The van der Waals surface area contributed by atoms with E-state index >= 15 is 0 Å². The van der Waals surface area contributed by atoms with Crippen LogP contribution in [0.15, 0.2) is 48.5 Å². The minimum Gasteiger partial charge on any atom is -0.484 e. The second-order valence-corrected chi connectivity index (χ2v) is 5.28. The van der Waals surface area contributed by atoms with Gasteiger partial charge >= 0.3 is 0 Å². The van der Waals surface area contributed by atoms with Crippen molar-refractivity contribution in [2.24, 2.45) is 0 Å². The fraction of sp³-hybridized carbons (Fsp3) is 0.133. The molecule has 0 bridgehead atoms. The van der Waals surface area contributed by atoms with Crippen LogP contribution in [0.1, 0.15) is 5.56 Å². The van der Waals surface area contributed by atoms with Crippen LogP contribution in [0, 0.1) is 10.5 Å². The van der Waals surface area contributed by atoms with E-state index in [1.165, 1.54) is 5.56 Å². The zero-order chi connectivity index (χ0) is 13.7. The van der Waals surface area contributed by atoms with E-state index in [1.54, 1.807) is 0 Å². The topological polar surface area (TPSA) is 38.3 Å². The molecule has 0 unspecified atom stereocenters. The van der Waals surface area contributed by atoms with Crippen LogP contribution in [0.4, 0.5) is 5.69 Å². The Hall–Kier alpha value is -1.56. The zero-order valence-electron chi connectivity index (χ0n) is 10.5. The smallest absolute Gasteiger partial charge is 0.262 e. The van der Waals surface area contributed by atoms with Gasteiger partial charge in [0.2, 0.25) is 0 Å². The average molecular weight is 367 g/mol. The third-order valence-electron chi connectivity index (χ3n) is 2.57. The fourth-order valence-electron chi connectivity index (χ4n) is 1.53. The summed E-state index contributed by atoms with van der Waals surface area (Å²) in [5.41, 5.74) is 1.98. The Labute approximate surface area is 126 Å². The van der Waals surface area contributed by atoms with Gasteiger partial charge in [0.25, 0.3) is 5.91 Å². The number of carbonyl (C=O) groups is 1. The molecule has 0 saturated heterocycles. The Morgan fingerprint density at radius 1 is 1.21 bits per heavy atom. The SMILES string of the molecule is Cc1ccc(NC(=O)COc2ccccc2)cc1I. The van der Waals surface area contributed by atoms with Crippen LogP contribution >= 0.6 is 22.6 Å². The summed E-state index contributed by atoms with van der Waals surface area (Å²) >= 11 is 2.24. The summed E-state index contributed by atoms with van der Waals surface area (Å²) in [4.78, 5) is 11.7. The normalized spacial score (nSPS) is 10.0. The fourth-order valence-corrected chi connectivity index (χ4v) is 2.05. The largest absolute Gasteiger partial charge is 0.484 e. The van der Waals surface area contributed by atoms with E-state index in [2.05, 4.69) is 27.9 Å². The minimum absolute atomic E-state index is 0.00840. The van der Waals surface area contributed by atoms with Gasteiger partial charge in [-0.25, -0.2) is 0 Å². The summed E-state index contributed by atoms with van der Waals surface area (Å²) in [5, 5.41) is 2.81. The number of carbonyl (C=O) groups excluding carboxylic acids is 1. The molecule has 0 aliphatic heterocycles. The van der Waals surface area contributed by atoms with Crippen molar-refractivity contribution < 1.29 is 9.53 Å². The van der Waals surface area contributed by atoms with E-state index in [4.69, 9.17) is 4.74 Å². The molecule has 19 heavy (non-hydrogen) atoms. The van der Waals surface area contributed by atoms with Crippen molar-refractivity contribution in [2.75, 3.05) is 11.9 Å². The standard InChI is InChI=1S/C15H14INO2/c1-11-7-8-12(9-14(11)16)17-15(18)10-19-13-5-3-2-4-6-13/h2-9H,10H2,1H3,(H,17,18). The molecular formula is C15H14INO2. The molecule has 2 rings (SSSR count). The molecule has 0 heterocycles. The molecule has 1 N–H and O–H groups in total. The Morgan fingerprint density at radius 2 is 1.95 bits per heavy atom. The zero-order valence-corrected chi connectivity index (χ0v) is 12.7. The highest BCUT2D eigenvalue weighted by molar-refractivity contribution is 14.1. The van der Waals surface area contributed by atoms with Crippen LogP contribution < -0.4 is 10.1 Å². The van der Waals surface area contributed by atoms with Crippen LogP contribution in [0.25, 0.3) is 0 Å². The van der Waals surface area contributed by atoms with E-state index < -0.39 is 0 Å². The molecule has 4 heteroatoms. The maximum absolute atomic E-state index is 11.7. The molecule has 2 aromatic rings. The first-order chi connectivity index (χ1) is 9.15. The number of rotatable bonds is 4. The summed E-state index contributed by atoms with van der Waals surface area (Å²) in [5.74, 6) is 0.527. The summed E-state index contributed by atoms with van der Waals surface area (Å²) < 4.78 is 6.50. The lowest BCUT2D eigenvalue weighted by Gasteiger charge is -2.08. The summed E-state index contributed by atoms with van der Waals surface area (Å²) in [6.07, 6.45) is 0. The van der Waals surface area contributed by atoms with Crippen LogP contribution in [0.2, 0.25) is 0 Å². The van der Waals surface area contributed by atoms with Crippen molar-refractivity contribution in [3.8, 4) is 5.75 Å². The molecular weight excluding hydrogens is 353 g/mol. The van der Waals surface area contributed by atoms with Gasteiger partial charge in [-0.2, -0.15) is 0 Å². The lowest BCUT2D eigenvalue weighted by atomic mass is 10.2. The van der Waals surface area contributed by atoms with Gasteiger partial charge in [0.05, 0.1) is 0 Å². The van der Waals surface area contributed by atoms with Crippen LogP contribution in [-0.2, 0) is 4.79 Å². The summed E-state index contributed by atoms with van der Waals surface area (Å²) in [7, 11) is 0. The molecule has 0 atom stereocenters. The summed E-state index contributed by atoms with van der Waals surface area (Å²) in [6.45, 7) is 2.04. The molecule has 0 spiro atoms. The van der Waals surface area contributed by atoms with Crippen molar-refractivity contribution in [3.05, 3.63) is 57.7 Å². The van der Waals surface area contributed by atoms with Crippen molar-refractivity contribution in [1.82, 2.24) is 0 Å². The monoisotopic (exact) mass is 367 g/mol. The van der Waals surface area contributed by atoms with Crippen LogP contribution in [0.3, 0.4) is 0 Å². The third kappa shape index (κ3) is 4.24. The first kappa shape index (κ1) is 13.9. The number of para-hydroxylation sites is 1. The quantitative estimate of drug-likeness (QED) is 0.839. The highest BCUT2D eigenvalue weighted by Gasteiger charge is 2.04.